The average Bonchev–Trinajstić information content (AvgIpc) is 3.20. The van der Waals surface area contributed by atoms with E-state index in [4.69, 9.17) is 9.52 Å². The summed E-state index contributed by atoms with van der Waals surface area (Å²) in [5.41, 5.74) is 1.22. The van der Waals surface area contributed by atoms with Crippen molar-refractivity contribution in [2.24, 2.45) is 0 Å². The number of carbonyl (C=O) groups is 1. The molecule has 7 heteroatoms. The van der Waals surface area contributed by atoms with Crippen LogP contribution in [0.25, 0.3) is 0 Å². The predicted octanol–water partition coefficient (Wildman–Crippen LogP) is 1.35. The molecule has 1 aliphatic heterocycles. The molecule has 0 saturated heterocycles. The second kappa shape index (κ2) is 7.26. The van der Waals surface area contributed by atoms with Crippen LogP contribution >= 0.6 is 0 Å². The van der Waals surface area contributed by atoms with Crippen LogP contribution in [0.3, 0.4) is 0 Å². The summed E-state index contributed by atoms with van der Waals surface area (Å²) in [5, 5.41) is 16.1. The summed E-state index contributed by atoms with van der Waals surface area (Å²) >= 11 is 0. The number of nitrogens with one attached hydrogen (secondary N) is 1. The Balaban J connectivity index is 1.64. The van der Waals surface area contributed by atoms with Crippen LogP contribution in [0.1, 0.15) is 17.0 Å². The molecule has 1 amide bonds. The lowest BCUT2D eigenvalue weighted by atomic mass is 10.1. The fraction of sp³-hybridized carbons (Fsp3) is 0.375. The molecule has 0 aromatic carbocycles. The van der Waals surface area contributed by atoms with Gasteiger partial charge in [-0.15, -0.1) is 0 Å². The van der Waals surface area contributed by atoms with E-state index in [-0.39, 0.29) is 18.3 Å². The highest BCUT2D eigenvalue weighted by Gasteiger charge is 2.15. The minimum absolute atomic E-state index is 0.166. The normalized spacial score (nSPS) is 15.4. The molecular weight excluding hydrogens is 296 g/mol. The molecule has 7 nitrogen and oxygen atoms in total. The molecule has 0 bridgehead atoms. The number of nitrogens with zero attached hydrogens (tertiary/aromatic N) is 3. The van der Waals surface area contributed by atoms with Crippen molar-refractivity contribution in [1.82, 2.24) is 14.7 Å². The highest BCUT2D eigenvalue weighted by molar-refractivity contribution is 6.01. The fourth-order valence-corrected chi connectivity index (χ4v) is 2.67. The van der Waals surface area contributed by atoms with Crippen molar-refractivity contribution in [3.63, 3.8) is 0 Å². The van der Waals surface area contributed by atoms with E-state index in [9.17, 15) is 4.79 Å². The first-order chi connectivity index (χ1) is 11.3. The third kappa shape index (κ3) is 3.88. The van der Waals surface area contributed by atoms with Gasteiger partial charge in [0, 0.05) is 25.7 Å². The van der Waals surface area contributed by atoms with Gasteiger partial charge in [0.25, 0.3) is 5.91 Å². The Morgan fingerprint density at radius 3 is 3.13 bits per heavy atom. The van der Waals surface area contributed by atoms with Gasteiger partial charge in [0.1, 0.15) is 5.82 Å². The molecule has 3 rings (SSSR count). The number of anilines is 1. The topological polar surface area (TPSA) is 83.5 Å². The van der Waals surface area contributed by atoms with Gasteiger partial charge in [-0.3, -0.25) is 9.69 Å². The summed E-state index contributed by atoms with van der Waals surface area (Å²) in [6, 6.07) is 5.05. The van der Waals surface area contributed by atoms with Crippen molar-refractivity contribution < 1.29 is 14.3 Å². The lowest BCUT2D eigenvalue weighted by Crippen LogP contribution is -2.33. The van der Waals surface area contributed by atoms with Crippen LogP contribution in [0.15, 0.2) is 46.7 Å². The number of hydrogen-bond donors (Lipinski definition) is 2. The summed E-state index contributed by atoms with van der Waals surface area (Å²) in [6.45, 7) is 3.23. The molecule has 122 valence electrons. The number of hydrogen-bond acceptors (Lipinski definition) is 5. The Kier molecular flexibility index (Phi) is 4.89. The van der Waals surface area contributed by atoms with Gasteiger partial charge in [0.05, 0.1) is 25.6 Å². The van der Waals surface area contributed by atoms with Gasteiger partial charge in [-0.25, -0.2) is 4.68 Å². The van der Waals surface area contributed by atoms with E-state index in [2.05, 4.69) is 21.4 Å². The molecule has 0 radical (unpaired) electrons. The van der Waals surface area contributed by atoms with E-state index in [1.165, 1.54) is 11.8 Å². The van der Waals surface area contributed by atoms with Crippen molar-refractivity contribution in [1.29, 1.82) is 0 Å². The van der Waals surface area contributed by atoms with E-state index in [1.807, 2.05) is 0 Å². The van der Waals surface area contributed by atoms with Gasteiger partial charge in [0.15, 0.2) is 5.76 Å². The summed E-state index contributed by atoms with van der Waals surface area (Å²) in [6.07, 6.45) is 6.29. The van der Waals surface area contributed by atoms with Gasteiger partial charge < -0.3 is 14.8 Å². The predicted molar refractivity (Wildman–Crippen MR) is 85.1 cm³/mol. The van der Waals surface area contributed by atoms with Crippen LogP contribution in [-0.4, -0.2) is 51.9 Å². The summed E-state index contributed by atoms with van der Waals surface area (Å²) in [4.78, 5) is 14.3. The van der Waals surface area contributed by atoms with Crippen LogP contribution in [0.5, 0.6) is 0 Å². The molecule has 0 fully saturated rings. The van der Waals surface area contributed by atoms with Crippen LogP contribution in [0.4, 0.5) is 5.82 Å². The maximum atomic E-state index is 12.1. The zero-order chi connectivity index (χ0) is 16.1. The summed E-state index contributed by atoms with van der Waals surface area (Å²) < 4.78 is 6.85. The van der Waals surface area contributed by atoms with E-state index in [1.54, 1.807) is 29.1 Å². The highest BCUT2D eigenvalue weighted by atomic mass is 16.3. The maximum absolute atomic E-state index is 12.1. The molecule has 0 aliphatic carbocycles. The summed E-state index contributed by atoms with van der Waals surface area (Å²) in [5.74, 6) is 0.603. The van der Waals surface area contributed by atoms with Gasteiger partial charge in [-0.2, -0.15) is 5.10 Å². The number of carbonyl (C=O) groups excluding carboxylic acids is 1. The van der Waals surface area contributed by atoms with Crippen LogP contribution in [-0.2, 0) is 6.54 Å². The van der Waals surface area contributed by atoms with Gasteiger partial charge in [-0.05, 0) is 24.1 Å². The van der Waals surface area contributed by atoms with Gasteiger partial charge >= 0.3 is 0 Å². The molecule has 0 spiro atoms. The van der Waals surface area contributed by atoms with E-state index in [0.717, 1.165) is 19.5 Å². The number of amides is 1. The number of aromatic nitrogens is 2. The van der Waals surface area contributed by atoms with Crippen molar-refractivity contribution in [2.75, 3.05) is 31.6 Å². The minimum atomic E-state index is -0.295. The van der Waals surface area contributed by atoms with Crippen molar-refractivity contribution in [3.8, 4) is 0 Å². The molecule has 3 heterocycles. The number of furan rings is 1. The van der Waals surface area contributed by atoms with Crippen molar-refractivity contribution >= 4 is 11.7 Å². The second-order valence-corrected chi connectivity index (χ2v) is 5.46. The smallest absolute Gasteiger partial charge is 0.292 e. The zero-order valence-corrected chi connectivity index (χ0v) is 12.8. The van der Waals surface area contributed by atoms with Gasteiger partial charge in [-0.1, -0.05) is 6.08 Å². The number of rotatable bonds is 6. The van der Waals surface area contributed by atoms with Crippen molar-refractivity contribution in [3.05, 3.63) is 48.1 Å². The highest BCUT2D eigenvalue weighted by Crippen LogP contribution is 2.15. The molecule has 23 heavy (non-hydrogen) atoms. The number of aliphatic hydroxyl groups excluding tert-OH is 1. The monoisotopic (exact) mass is 316 g/mol. The van der Waals surface area contributed by atoms with E-state index >= 15 is 0 Å². The summed E-state index contributed by atoms with van der Waals surface area (Å²) in [7, 11) is 0. The second-order valence-electron chi connectivity index (χ2n) is 5.46. The molecule has 1 aliphatic rings. The number of aliphatic hydroxyl groups is 1. The zero-order valence-electron chi connectivity index (χ0n) is 12.8. The fourth-order valence-electron chi connectivity index (χ4n) is 2.67. The molecule has 0 unspecified atom stereocenters. The minimum Gasteiger partial charge on any atom is -0.459 e. The first kappa shape index (κ1) is 15.5. The molecule has 0 atom stereocenters. The van der Waals surface area contributed by atoms with Gasteiger partial charge in [0.2, 0.25) is 0 Å². The molecule has 0 saturated carbocycles. The number of β-amino-alcohol motifs (C(OH)–C–C–N with tert-alkyl or cyclic N) is 1. The Bertz CT molecular complexity index is 675. The van der Waals surface area contributed by atoms with Crippen LogP contribution in [0.2, 0.25) is 0 Å². The largest absolute Gasteiger partial charge is 0.459 e. The lowest BCUT2D eigenvalue weighted by Gasteiger charge is -2.26. The standard InChI is InChI=1S/C16H20N4O3/c21-9-8-19-7-1-3-13(11-19)12-20-15(5-6-17-20)18-16(22)14-4-2-10-23-14/h2-6,10,21H,1,7-9,11-12H2,(H,18,22). The van der Waals surface area contributed by atoms with Crippen LogP contribution in [0, 0.1) is 0 Å². The van der Waals surface area contributed by atoms with Crippen LogP contribution < -0.4 is 5.32 Å². The Labute approximate surface area is 134 Å². The molecular formula is C16H20N4O3. The third-order valence-electron chi connectivity index (χ3n) is 3.78. The Morgan fingerprint density at radius 1 is 1.43 bits per heavy atom. The average molecular weight is 316 g/mol. The third-order valence-corrected chi connectivity index (χ3v) is 3.78. The Hall–Kier alpha value is -2.38. The molecule has 2 aromatic rings. The maximum Gasteiger partial charge on any atom is 0.292 e. The molecule has 2 aromatic heterocycles. The SMILES string of the molecule is O=C(Nc1ccnn1CC1=CCCN(CCO)C1)c1ccco1. The lowest BCUT2D eigenvalue weighted by molar-refractivity contribution is 0.0995. The Morgan fingerprint density at radius 2 is 2.35 bits per heavy atom. The first-order valence-corrected chi connectivity index (χ1v) is 7.64. The quantitative estimate of drug-likeness (QED) is 0.786. The first-order valence-electron chi connectivity index (χ1n) is 7.64. The van der Waals surface area contributed by atoms with E-state index < -0.39 is 0 Å². The van der Waals surface area contributed by atoms with E-state index in [0.29, 0.717) is 18.9 Å². The van der Waals surface area contributed by atoms with Crippen molar-refractivity contribution in [2.45, 2.75) is 13.0 Å². The molecule has 2 N–H and O–H groups in total.